The Balaban J connectivity index is 1.59. The summed E-state index contributed by atoms with van der Waals surface area (Å²) in [6, 6.07) is 15.1. The summed E-state index contributed by atoms with van der Waals surface area (Å²) in [5.41, 5.74) is 2.13. The van der Waals surface area contributed by atoms with Gasteiger partial charge in [0.2, 0.25) is 0 Å². The second-order valence-electron chi connectivity index (χ2n) is 7.98. The molecule has 1 heterocycles. The number of rotatable bonds is 8. The van der Waals surface area contributed by atoms with E-state index in [0.29, 0.717) is 48.3 Å². The van der Waals surface area contributed by atoms with Gasteiger partial charge in [0.25, 0.3) is 5.91 Å². The number of likely N-dealkylation sites (N-methyl/N-ethyl adjacent to an activating group) is 1. The minimum absolute atomic E-state index is 0.124. The number of carboxylic acid groups (broad SMARTS) is 1. The van der Waals surface area contributed by atoms with Gasteiger partial charge in [-0.15, -0.1) is 0 Å². The quantitative estimate of drug-likeness (QED) is 0.256. The zero-order valence-electron chi connectivity index (χ0n) is 20.2. The molecule has 196 valence electrons. The van der Waals surface area contributed by atoms with E-state index < -0.39 is 5.97 Å². The molecule has 3 aromatic carbocycles. The van der Waals surface area contributed by atoms with E-state index >= 15 is 0 Å². The lowest BCUT2D eigenvalue weighted by molar-refractivity contribution is -0.122. The summed E-state index contributed by atoms with van der Waals surface area (Å²) in [5.74, 6) is -0.255. The van der Waals surface area contributed by atoms with Gasteiger partial charge in [0.15, 0.2) is 16.7 Å². The minimum atomic E-state index is -1.04. The van der Waals surface area contributed by atoms with Crippen molar-refractivity contribution in [2.45, 2.75) is 13.5 Å². The molecule has 3 aromatic rings. The molecule has 0 atom stereocenters. The molecule has 1 N–H and O–H groups in total. The van der Waals surface area contributed by atoms with Gasteiger partial charge in [-0.3, -0.25) is 9.69 Å². The van der Waals surface area contributed by atoms with Crippen molar-refractivity contribution < 1.29 is 24.2 Å². The lowest BCUT2D eigenvalue weighted by Gasteiger charge is -2.14. The lowest BCUT2D eigenvalue weighted by Crippen LogP contribution is -2.28. The molecular weight excluding hydrogens is 615 g/mol. The maximum atomic E-state index is 13.1. The molecule has 1 aliphatic heterocycles. The monoisotopic (exact) mass is 634 g/mol. The number of hydrogen-bond acceptors (Lipinski definition) is 6. The Bertz CT molecular complexity index is 1480. The molecule has 1 fully saturated rings. The zero-order valence-corrected chi connectivity index (χ0v) is 24.1. The van der Waals surface area contributed by atoms with Crippen molar-refractivity contribution in [3.8, 4) is 11.5 Å². The Morgan fingerprint density at radius 2 is 1.95 bits per heavy atom. The average Bonchev–Trinajstić information content (AvgIpc) is 3.18. The predicted molar refractivity (Wildman–Crippen MR) is 155 cm³/mol. The maximum absolute atomic E-state index is 13.1. The number of amidine groups is 1. The maximum Gasteiger partial charge on any atom is 0.335 e. The molecule has 1 aliphatic rings. The molecule has 1 saturated heterocycles. The summed E-state index contributed by atoms with van der Waals surface area (Å²) < 4.78 is 12.2. The van der Waals surface area contributed by atoms with Crippen LogP contribution in [0.3, 0.4) is 0 Å². The summed E-state index contributed by atoms with van der Waals surface area (Å²) in [5, 5.41) is 10.6. The van der Waals surface area contributed by atoms with Crippen LogP contribution < -0.4 is 9.47 Å². The number of halogens is 3. The minimum Gasteiger partial charge on any atom is -0.493 e. The highest BCUT2D eigenvalue weighted by Gasteiger charge is 2.32. The molecule has 0 aromatic heterocycles. The number of ether oxygens (including phenoxy) is 2. The van der Waals surface area contributed by atoms with Crippen LogP contribution in [0.1, 0.15) is 28.4 Å². The van der Waals surface area contributed by atoms with Gasteiger partial charge >= 0.3 is 5.97 Å². The summed E-state index contributed by atoms with van der Waals surface area (Å²) in [6.07, 6.45) is 1.75. The second-order valence-corrected chi connectivity index (χ2v) is 10.7. The van der Waals surface area contributed by atoms with Crippen molar-refractivity contribution in [2.75, 3.05) is 13.7 Å². The number of aromatic carboxylic acids is 1. The largest absolute Gasteiger partial charge is 0.493 e. The van der Waals surface area contributed by atoms with Crippen LogP contribution >= 0.6 is 50.9 Å². The Kier molecular flexibility index (Phi) is 9.04. The fourth-order valence-corrected chi connectivity index (χ4v) is 5.55. The molecule has 0 saturated carbocycles. The zero-order chi connectivity index (χ0) is 27.4. The molecule has 11 heteroatoms. The van der Waals surface area contributed by atoms with Crippen molar-refractivity contribution in [3.63, 3.8) is 0 Å². The van der Waals surface area contributed by atoms with Crippen molar-refractivity contribution in [1.82, 2.24) is 4.90 Å². The van der Waals surface area contributed by atoms with Crippen LogP contribution in [0.15, 0.2) is 69.0 Å². The summed E-state index contributed by atoms with van der Waals surface area (Å²) >= 11 is 16.9. The fourth-order valence-electron chi connectivity index (χ4n) is 3.59. The average molecular weight is 636 g/mol. The van der Waals surface area contributed by atoms with Gasteiger partial charge in [0.05, 0.1) is 37.8 Å². The molecular formula is C27H21BrCl2N2O5S. The Labute approximate surface area is 242 Å². The number of hydrogen-bond donors (Lipinski definition) is 1. The lowest BCUT2D eigenvalue weighted by atomic mass is 10.1. The molecule has 4 rings (SSSR count). The number of thioether (sulfide) groups is 1. The van der Waals surface area contributed by atoms with Gasteiger partial charge in [-0.05, 0) is 94.3 Å². The van der Waals surface area contributed by atoms with Gasteiger partial charge in [-0.2, -0.15) is 0 Å². The molecule has 0 spiro atoms. The first-order valence-electron chi connectivity index (χ1n) is 11.3. The molecule has 0 radical (unpaired) electrons. The number of carbonyl (C=O) groups excluding carboxylic acids is 1. The van der Waals surface area contributed by atoms with E-state index in [1.54, 1.807) is 41.3 Å². The van der Waals surface area contributed by atoms with Crippen molar-refractivity contribution in [2.24, 2.45) is 4.99 Å². The number of nitrogens with zero attached hydrogens (tertiary/aromatic N) is 2. The van der Waals surface area contributed by atoms with Crippen LogP contribution in [-0.4, -0.2) is 40.7 Å². The van der Waals surface area contributed by atoms with Gasteiger partial charge in [-0.1, -0.05) is 35.3 Å². The summed E-state index contributed by atoms with van der Waals surface area (Å²) in [7, 11) is 1.54. The van der Waals surface area contributed by atoms with E-state index in [9.17, 15) is 14.7 Å². The summed E-state index contributed by atoms with van der Waals surface area (Å²) in [4.78, 5) is 31.0. The van der Waals surface area contributed by atoms with Crippen LogP contribution in [-0.2, 0) is 11.4 Å². The Morgan fingerprint density at radius 1 is 1.16 bits per heavy atom. The summed E-state index contributed by atoms with van der Waals surface area (Å²) in [6.45, 7) is 2.51. The third kappa shape index (κ3) is 6.35. The van der Waals surface area contributed by atoms with Crippen LogP contribution in [0, 0.1) is 0 Å². The van der Waals surface area contributed by atoms with Crippen LogP contribution in [0.2, 0.25) is 10.0 Å². The standard InChI is InChI=1S/C27H21BrCl2N2O5S/c1-3-32-25(33)23(38-27(32)31-18-6-4-5-17(13-18)26(34)35)12-16-9-19(28)24(22(11-16)36-2)37-14-15-7-8-20(29)21(30)10-15/h4-13H,3,14H2,1-2H3,(H,34,35). The number of carbonyl (C=O) groups is 2. The second kappa shape index (κ2) is 12.3. The third-order valence-electron chi connectivity index (χ3n) is 5.44. The van der Waals surface area contributed by atoms with Gasteiger partial charge in [0.1, 0.15) is 6.61 Å². The highest BCUT2D eigenvalue weighted by Crippen LogP contribution is 2.40. The molecule has 38 heavy (non-hydrogen) atoms. The first-order valence-corrected chi connectivity index (χ1v) is 13.6. The van der Waals surface area contributed by atoms with Crippen LogP contribution in [0.4, 0.5) is 5.69 Å². The van der Waals surface area contributed by atoms with E-state index in [1.165, 1.54) is 31.0 Å². The van der Waals surface area contributed by atoms with Crippen molar-refractivity contribution in [1.29, 1.82) is 0 Å². The van der Waals surface area contributed by atoms with Gasteiger partial charge in [-0.25, -0.2) is 9.79 Å². The third-order valence-corrected chi connectivity index (χ3v) is 7.77. The number of carboxylic acids is 1. The first-order chi connectivity index (χ1) is 18.2. The van der Waals surface area contributed by atoms with E-state index in [1.807, 2.05) is 19.1 Å². The smallest absolute Gasteiger partial charge is 0.335 e. The van der Waals surface area contributed by atoms with Crippen LogP contribution in [0.5, 0.6) is 11.5 Å². The molecule has 7 nitrogen and oxygen atoms in total. The van der Waals surface area contributed by atoms with Gasteiger partial charge < -0.3 is 14.6 Å². The highest BCUT2D eigenvalue weighted by molar-refractivity contribution is 9.10. The highest BCUT2D eigenvalue weighted by atomic mass is 79.9. The number of aliphatic imine (C=N–C) groups is 1. The molecule has 0 aliphatic carbocycles. The fraction of sp³-hybridized carbons (Fsp3) is 0.148. The number of benzene rings is 3. The van der Waals surface area contributed by atoms with Gasteiger partial charge in [0, 0.05) is 6.54 Å². The SMILES string of the molecule is CCN1C(=O)C(=Cc2cc(Br)c(OCc3ccc(Cl)c(Cl)c3)c(OC)c2)SC1=Nc1cccc(C(=O)O)c1. The van der Waals surface area contributed by atoms with Crippen LogP contribution in [0.25, 0.3) is 6.08 Å². The topological polar surface area (TPSA) is 88.4 Å². The van der Waals surface area contributed by atoms with E-state index in [2.05, 4.69) is 20.9 Å². The molecule has 0 unspecified atom stereocenters. The normalized spacial score (nSPS) is 15.4. The Hall–Kier alpha value is -2.98. The Morgan fingerprint density at radius 3 is 2.63 bits per heavy atom. The number of amides is 1. The van der Waals surface area contributed by atoms with E-state index in [0.717, 1.165) is 11.1 Å². The van der Waals surface area contributed by atoms with E-state index in [4.69, 9.17) is 32.7 Å². The predicted octanol–water partition coefficient (Wildman–Crippen LogP) is 7.67. The number of methoxy groups -OCH3 is 1. The van der Waals surface area contributed by atoms with E-state index in [-0.39, 0.29) is 18.1 Å². The van der Waals surface area contributed by atoms with Crippen molar-refractivity contribution >= 4 is 79.7 Å². The molecule has 1 amide bonds. The van der Waals surface area contributed by atoms with Crippen molar-refractivity contribution in [3.05, 3.63) is 90.7 Å². The molecule has 0 bridgehead atoms. The first kappa shape index (κ1) is 28.0.